The number of hydrogen-bond acceptors (Lipinski definition) is 4. The van der Waals surface area contributed by atoms with E-state index in [0.29, 0.717) is 22.3 Å². The molecular weight excluding hydrogens is 435 g/mol. The molecule has 1 aliphatic carbocycles. The smallest absolute Gasteiger partial charge is 0.265 e. The number of rotatable bonds is 5. The van der Waals surface area contributed by atoms with Crippen LogP contribution in [0.25, 0.3) is 10.2 Å². The highest BCUT2D eigenvalue weighted by Crippen LogP contribution is 2.36. The molecule has 0 atom stereocenters. The van der Waals surface area contributed by atoms with Gasteiger partial charge in [-0.15, -0.1) is 11.3 Å². The fraction of sp³-hybridized carbons (Fsp3) is 0.538. The largest absolute Gasteiger partial charge is 0.369 e. The number of carbonyl (C=O) groups excluding carboxylic acids is 1. The fourth-order valence-corrected chi connectivity index (χ4v) is 6.50. The molecule has 3 aromatic rings. The highest BCUT2D eigenvalue weighted by atomic mass is 32.1. The van der Waals surface area contributed by atoms with Crippen molar-refractivity contribution in [1.29, 1.82) is 0 Å². The summed E-state index contributed by atoms with van der Waals surface area (Å²) in [5.74, 6) is 0.280. The molecule has 7 heteroatoms. The molecule has 5 nitrogen and oxygen atoms in total. The van der Waals surface area contributed by atoms with Crippen LogP contribution in [0.4, 0.5) is 15.8 Å². The molecule has 5 rings (SSSR count). The van der Waals surface area contributed by atoms with Crippen molar-refractivity contribution >= 4 is 38.8 Å². The number of halogens is 1. The Labute approximate surface area is 199 Å². The Balaban J connectivity index is 1.31. The van der Waals surface area contributed by atoms with Crippen LogP contribution in [0.5, 0.6) is 0 Å². The van der Waals surface area contributed by atoms with Gasteiger partial charge >= 0.3 is 0 Å². The summed E-state index contributed by atoms with van der Waals surface area (Å²) in [6, 6.07) is 7.41. The van der Waals surface area contributed by atoms with Crippen LogP contribution in [0.15, 0.2) is 24.3 Å². The molecule has 1 aliphatic heterocycles. The standard InChI is InChI=1S/C26H33FN4OS/c1-3-18-11-13-30(14-12-18)23-10-9-19(15-22(23)27)28-25(32)24-16-21-17(2)29-31(26(21)33-24)20-7-5-4-6-8-20/h9-10,15-16,18,20H,3-8,11-14H2,1-2H3,(H,28,32). The second kappa shape index (κ2) is 9.45. The van der Waals surface area contributed by atoms with Crippen molar-refractivity contribution in [2.24, 2.45) is 5.92 Å². The summed E-state index contributed by atoms with van der Waals surface area (Å²) in [5, 5.41) is 8.72. The number of aryl methyl sites for hydroxylation is 1. The van der Waals surface area contributed by atoms with E-state index in [9.17, 15) is 9.18 Å². The van der Waals surface area contributed by atoms with E-state index < -0.39 is 0 Å². The van der Waals surface area contributed by atoms with Crippen molar-refractivity contribution < 1.29 is 9.18 Å². The molecule has 0 bridgehead atoms. The van der Waals surface area contributed by atoms with Crippen LogP contribution in [0.1, 0.15) is 79.7 Å². The van der Waals surface area contributed by atoms with Crippen LogP contribution < -0.4 is 10.2 Å². The Kier molecular flexibility index (Phi) is 6.41. The summed E-state index contributed by atoms with van der Waals surface area (Å²) in [6.45, 7) is 6.01. The van der Waals surface area contributed by atoms with Gasteiger partial charge in [-0.05, 0) is 62.8 Å². The number of fused-ring (bicyclic) bond motifs is 1. The van der Waals surface area contributed by atoms with E-state index in [1.165, 1.54) is 43.1 Å². The Hall–Kier alpha value is -2.41. The fourth-order valence-electron chi connectivity index (χ4n) is 5.37. The molecule has 33 heavy (non-hydrogen) atoms. The van der Waals surface area contributed by atoms with E-state index in [4.69, 9.17) is 5.10 Å². The summed E-state index contributed by atoms with van der Waals surface area (Å²) >= 11 is 1.48. The van der Waals surface area contributed by atoms with Gasteiger partial charge in [0.25, 0.3) is 5.91 Å². The van der Waals surface area contributed by atoms with Gasteiger partial charge in [0, 0.05) is 24.2 Å². The number of piperidine rings is 1. The minimum Gasteiger partial charge on any atom is -0.369 e. The summed E-state index contributed by atoms with van der Waals surface area (Å²) in [5.41, 5.74) is 2.09. The van der Waals surface area contributed by atoms with Gasteiger partial charge in [0.15, 0.2) is 0 Å². The Morgan fingerprint density at radius 1 is 1.15 bits per heavy atom. The first-order valence-electron chi connectivity index (χ1n) is 12.4. The maximum absolute atomic E-state index is 14.9. The predicted octanol–water partition coefficient (Wildman–Crippen LogP) is 6.93. The average Bonchev–Trinajstić information content (AvgIpc) is 3.41. The van der Waals surface area contributed by atoms with Gasteiger partial charge in [-0.3, -0.25) is 9.48 Å². The van der Waals surface area contributed by atoms with Gasteiger partial charge in [0.2, 0.25) is 0 Å². The number of nitrogens with zero attached hydrogens (tertiary/aromatic N) is 3. The quantitative estimate of drug-likeness (QED) is 0.442. The van der Waals surface area contributed by atoms with E-state index >= 15 is 0 Å². The second-order valence-electron chi connectivity index (χ2n) is 9.61. The average molecular weight is 469 g/mol. The van der Waals surface area contributed by atoms with Gasteiger partial charge in [0.05, 0.1) is 22.3 Å². The maximum atomic E-state index is 14.9. The zero-order chi connectivity index (χ0) is 22.9. The number of hydrogen-bond donors (Lipinski definition) is 1. The SMILES string of the molecule is CCC1CCN(c2ccc(NC(=O)c3cc4c(C)nn(C5CCCCC5)c4s3)cc2F)CC1. The van der Waals surface area contributed by atoms with Crippen molar-refractivity contribution in [3.8, 4) is 0 Å². The molecule has 0 radical (unpaired) electrons. The lowest BCUT2D eigenvalue weighted by atomic mass is 9.94. The van der Waals surface area contributed by atoms with Crippen LogP contribution in [-0.2, 0) is 0 Å². The first-order valence-corrected chi connectivity index (χ1v) is 13.2. The van der Waals surface area contributed by atoms with Crippen LogP contribution in [0.2, 0.25) is 0 Å². The molecule has 0 unspecified atom stereocenters. The molecular formula is C26H33FN4OS. The van der Waals surface area contributed by atoms with Gasteiger partial charge in [-0.1, -0.05) is 32.6 Å². The highest BCUT2D eigenvalue weighted by molar-refractivity contribution is 7.20. The number of nitrogens with one attached hydrogen (secondary N) is 1. The molecule has 176 valence electrons. The van der Waals surface area contributed by atoms with E-state index in [2.05, 4.69) is 21.8 Å². The Morgan fingerprint density at radius 3 is 2.61 bits per heavy atom. The maximum Gasteiger partial charge on any atom is 0.265 e. The van der Waals surface area contributed by atoms with Crippen LogP contribution in [0.3, 0.4) is 0 Å². The zero-order valence-corrected chi connectivity index (χ0v) is 20.4. The van der Waals surface area contributed by atoms with Crippen molar-refractivity contribution in [3.63, 3.8) is 0 Å². The van der Waals surface area contributed by atoms with Gasteiger partial charge in [-0.25, -0.2) is 4.39 Å². The molecule has 1 amide bonds. The van der Waals surface area contributed by atoms with Gasteiger partial charge < -0.3 is 10.2 Å². The first-order chi connectivity index (χ1) is 16.0. The lowest BCUT2D eigenvalue weighted by Crippen LogP contribution is -2.34. The molecule has 1 saturated carbocycles. The third kappa shape index (κ3) is 4.52. The number of amides is 1. The van der Waals surface area contributed by atoms with Gasteiger partial charge in [-0.2, -0.15) is 5.10 Å². The van der Waals surface area contributed by atoms with E-state index in [1.54, 1.807) is 6.07 Å². The molecule has 0 spiro atoms. The van der Waals surface area contributed by atoms with Gasteiger partial charge in [0.1, 0.15) is 10.6 Å². The zero-order valence-electron chi connectivity index (χ0n) is 19.6. The second-order valence-corrected chi connectivity index (χ2v) is 10.6. The number of anilines is 2. The summed E-state index contributed by atoms with van der Waals surface area (Å²) < 4.78 is 17.0. The van der Waals surface area contributed by atoms with E-state index in [-0.39, 0.29) is 11.7 Å². The summed E-state index contributed by atoms with van der Waals surface area (Å²) in [4.78, 5) is 16.8. The number of aromatic nitrogens is 2. The van der Waals surface area contributed by atoms with Crippen molar-refractivity contribution in [2.75, 3.05) is 23.3 Å². The molecule has 1 saturated heterocycles. The third-order valence-electron chi connectivity index (χ3n) is 7.45. The van der Waals surface area contributed by atoms with E-state index in [1.807, 2.05) is 19.1 Å². The highest BCUT2D eigenvalue weighted by Gasteiger charge is 2.23. The Morgan fingerprint density at radius 2 is 1.91 bits per heavy atom. The minimum atomic E-state index is -0.275. The Bertz CT molecular complexity index is 1140. The number of benzene rings is 1. The topological polar surface area (TPSA) is 50.2 Å². The molecule has 2 aromatic heterocycles. The molecule has 1 N–H and O–H groups in total. The molecule has 1 aromatic carbocycles. The predicted molar refractivity (Wildman–Crippen MR) is 134 cm³/mol. The van der Waals surface area contributed by atoms with Crippen molar-refractivity contribution in [2.45, 2.75) is 71.3 Å². The molecule has 2 aliphatic rings. The first kappa shape index (κ1) is 22.4. The lowest BCUT2D eigenvalue weighted by molar-refractivity contribution is 0.103. The van der Waals surface area contributed by atoms with Crippen LogP contribution in [0, 0.1) is 18.7 Å². The summed E-state index contributed by atoms with van der Waals surface area (Å²) in [6.07, 6.45) is 9.48. The summed E-state index contributed by atoms with van der Waals surface area (Å²) in [7, 11) is 0. The number of carbonyl (C=O) groups is 1. The normalized spacial score (nSPS) is 18.2. The monoisotopic (exact) mass is 468 g/mol. The minimum absolute atomic E-state index is 0.193. The third-order valence-corrected chi connectivity index (χ3v) is 8.57. The van der Waals surface area contributed by atoms with Crippen molar-refractivity contribution in [1.82, 2.24) is 9.78 Å². The van der Waals surface area contributed by atoms with Crippen molar-refractivity contribution in [3.05, 3.63) is 40.7 Å². The van der Waals surface area contributed by atoms with Crippen LogP contribution in [-0.4, -0.2) is 28.8 Å². The molecule has 3 heterocycles. The van der Waals surface area contributed by atoms with E-state index in [0.717, 1.165) is 60.6 Å². The molecule has 2 fully saturated rings. The lowest BCUT2D eigenvalue weighted by Gasteiger charge is -2.33. The van der Waals surface area contributed by atoms with Crippen LogP contribution >= 0.6 is 11.3 Å². The number of thiophene rings is 1.